The van der Waals surface area contributed by atoms with E-state index in [1.54, 1.807) is 19.9 Å². The van der Waals surface area contributed by atoms with Gasteiger partial charge in [0.2, 0.25) is 15.6 Å². The molecule has 0 aliphatic carbocycles. The molecule has 0 N–H and O–H groups in total. The summed E-state index contributed by atoms with van der Waals surface area (Å²) in [6.07, 6.45) is 0. The van der Waals surface area contributed by atoms with Crippen LogP contribution in [0.4, 0.5) is 4.39 Å². The number of ketones is 1. The van der Waals surface area contributed by atoms with Gasteiger partial charge in [-0.1, -0.05) is 12.1 Å². The summed E-state index contributed by atoms with van der Waals surface area (Å²) < 4.78 is 48.6. The number of carbonyl (C=O) groups is 2. The summed E-state index contributed by atoms with van der Waals surface area (Å²) in [5.74, 6) is -2.01. The minimum absolute atomic E-state index is 0.0426. The normalized spacial score (nSPS) is 15.9. The van der Waals surface area contributed by atoms with Crippen LogP contribution < -0.4 is 0 Å². The maximum absolute atomic E-state index is 13.7. The van der Waals surface area contributed by atoms with Gasteiger partial charge in [0.15, 0.2) is 11.5 Å². The quantitative estimate of drug-likeness (QED) is 0.692. The van der Waals surface area contributed by atoms with Crippen molar-refractivity contribution in [2.75, 3.05) is 5.94 Å². The number of ether oxygens (including phenoxy) is 2. The molecule has 0 saturated heterocycles. The fourth-order valence-electron chi connectivity index (χ4n) is 2.91. The van der Waals surface area contributed by atoms with Crippen LogP contribution in [0.3, 0.4) is 0 Å². The average molecular weight is 418 g/mol. The van der Waals surface area contributed by atoms with E-state index in [9.17, 15) is 22.4 Å². The Morgan fingerprint density at radius 2 is 1.76 bits per heavy atom. The number of halogens is 1. The molecule has 0 unspecified atom stereocenters. The molecule has 152 valence electrons. The molecule has 6 nitrogen and oxygen atoms in total. The summed E-state index contributed by atoms with van der Waals surface area (Å²) in [5, 5.41) is 0. The van der Waals surface area contributed by atoms with Gasteiger partial charge in [-0.2, -0.15) is 0 Å². The van der Waals surface area contributed by atoms with E-state index in [0.717, 1.165) is 6.92 Å². The molecule has 0 amide bonds. The Kier molecular flexibility index (Phi) is 5.32. The van der Waals surface area contributed by atoms with E-state index in [1.165, 1.54) is 42.5 Å². The smallest absolute Gasteiger partial charge is 0.303 e. The van der Waals surface area contributed by atoms with Crippen LogP contribution in [0.15, 0.2) is 53.4 Å². The predicted molar refractivity (Wildman–Crippen MR) is 104 cm³/mol. The molecule has 0 bridgehead atoms. The van der Waals surface area contributed by atoms with Crippen molar-refractivity contribution in [1.82, 2.24) is 0 Å². The van der Waals surface area contributed by atoms with Crippen molar-refractivity contribution in [1.29, 1.82) is 0 Å². The van der Waals surface area contributed by atoms with Crippen LogP contribution in [-0.4, -0.2) is 31.7 Å². The lowest BCUT2D eigenvalue weighted by Gasteiger charge is -2.18. The highest BCUT2D eigenvalue weighted by Crippen LogP contribution is 2.41. The summed E-state index contributed by atoms with van der Waals surface area (Å²) in [5.41, 5.74) is -0.0707. The predicted octanol–water partition coefficient (Wildman–Crippen LogP) is 3.37. The third kappa shape index (κ3) is 4.22. The van der Waals surface area contributed by atoms with Gasteiger partial charge in [-0.25, -0.2) is 12.8 Å². The maximum atomic E-state index is 13.7. The van der Waals surface area contributed by atoms with Crippen molar-refractivity contribution in [3.8, 4) is 0 Å². The van der Waals surface area contributed by atoms with Crippen molar-refractivity contribution >= 4 is 32.9 Å². The van der Waals surface area contributed by atoms with Crippen LogP contribution in [0.2, 0.25) is 0 Å². The topological polar surface area (TPSA) is 86.7 Å². The number of Topliss-reactive ketones (excluding diaryl/α,β-unsaturated/α-hetero) is 1. The fourth-order valence-corrected chi connectivity index (χ4v) is 3.92. The van der Waals surface area contributed by atoms with Gasteiger partial charge in [0, 0.05) is 12.5 Å². The maximum Gasteiger partial charge on any atom is 0.303 e. The Balaban J connectivity index is 2.03. The van der Waals surface area contributed by atoms with Crippen LogP contribution in [0.1, 0.15) is 31.9 Å². The number of sulfone groups is 1. The van der Waals surface area contributed by atoms with E-state index in [1.807, 2.05) is 0 Å². The Hall–Kier alpha value is -3.00. The molecule has 1 aliphatic heterocycles. The molecule has 2 aromatic rings. The first-order valence-electron chi connectivity index (χ1n) is 8.72. The molecular weight excluding hydrogens is 399 g/mol. The van der Waals surface area contributed by atoms with E-state index in [2.05, 4.69) is 4.74 Å². The molecule has 0 atom stereocenters. The van der Waals surface area contributed by atoms with Crippen molar-refractivity contribution in [2.45, 2.75) is 31.3 Å². The number of esters is 1. The first kappa shape index (κ1) is 20.7. The molecule has 1 aliphatic rings. The SMILES string of the molecule is CC(=O)OCS(=O)(=O)c1ccc(C2=C(c3cccc(F)c3)C(=O)C(C)(C)O2)cc1. The van der Waals surface area contributed by atoms with Gasteiger partial charge < -0.3 is 9.47 Å². The molecule has 1 heterocycles. The van der Waals surface area contributed by atoms with Crippen LogP contribution >= 0.6 is 0 Å². The molecule has 0 spiro atoms. The molecular formula is C21H19FO6S. The van der Waals surface area contributed by atoms with Gasteiger partial charge in [0.05, 0.1) is 10.5 Å². The lowest BCUT2D eigenvalue weighted by atomic mass is 9.92. The molecule has 29 heavy (non-hydrogen) atoms. The van der Waals surface area contributed by atoms with Crippen molar-refractivity contribution < 1.29 is 31.9 Å². The molecule has 0 fully saturated rings. The molecule has 3 rings (SSSR count). The van der Waals surface area contributed by atoms with Crippen molar-refractivity contribution in [2.24, 2.45) is 0 Å². The van der Waals surface area contributed by atoms with E-state index in [0.29, 0.717) is 11.1 Å². The number of hydrogen-bond acceptors (Lipinski definition) is 6. The first-order valence-corrected chi connectivity index (χ1v) is 10.4. The molecule has 0 radical (unpaired) electrons. The minimum Gasteiger partial charge on any atom is -0.478 e. The van der Waals surface area contributed by atoms with Gasteiger partial charge >= 0.3 is 5.97 Å². The lowest BCUT2D eigenvalue weighted by Crippen LogP contribution is -2.29. The summed E-state index contributed by atoms with van der Waals surface area (Å²) in [7, 11) is -3.82. The monoisotopic (exact) mass is 418 g/mol. The molecule has 2 aromatic carbocycles. The van der Waals surface area contributed by atoms with Crippen molar-refractivity contribution in [3.63, 3.8) is 0 Å². The first-order chi connectivity index (χ1) is 13.5. The van der Waals surface area contributed by atoms with Gasteiger partial charge in [-0.05, 0) is 55.8 Å². The highest BCUT2D eigenvalue weighted by atomic mass is 32.2. The Morgan fingerprint density at radius 1 is 1.10 bits per heavy atom. The summed E-state index contributed by atoms with van der Waals surface area (Å²) in [6, 6.07) is 11.3. The summed E-state index contributed by atoms with van der Waals surface area (Å²) in [4.78, 5) is 23.7. The lowest BCUT2D eigenvalue weighted by molar-refractivity contribution is -0.138. The van der Waals surface area contributed by atoms with Crippen LogP contribution in [0.5, 0.6) is 0 Å². The number of rotatable bonds is 5. The standard InChI is InChI=1S/C21H19FO6S/c1-13(23)27-12-29(25,26)17-9-7-14(8-10-17)19-18(20(24)21(2,3)28-19)15-5-4-6-16(22)11-15/h4-11H,12H2,1-3H3. The van der Waals surface area contributed by atoms with Crippen LogP contribution in [0.25, 0.3) is 11.3 Å². The zero-order valence-corrected chi connectivity index (χ0v) is 16.9. The third-order valence-electron chi connectivity index (χ3n) is 4.36. The highest BCUT2D eigenvalue weighted by Gasteiger charge is 2.42. The minimum atomic E-state index is -3.82. The third-order valence-corrected chi connectivity index (χ3v) is 5.78. The Labute approximate surface area is 167 Å². The highest BCUT2D eigenvalue weighted by molar-refractivity contribution is 7.91. The van der Waals surface area contributed by atoms with Gasteiger partial charge in [-0.3, -0.25) is 9.59 Å². The van der Waals surface area contributed by atoms with Gasteiger partial charge in [0.25, 0.3) is 0 Å². The van der Waals surface area contributed by atoms with Gasteiger partial charge in [0.1, 0.15) is 11.6 Å². The van der Waals surface area contributed by atoms with E-state index in [-0.39, 0.29) is 22.0 Å². The zero-order chi connectivity index (χ0) is 21.4. The van der Waals surface area contributed by atoms with Crippen molar-refractivity contribution in [3.05, 3.63) is 65.5 Å². The second-order valence-corrected chi connectivity index (χ2v) is 8.99. The van der Waals surface area contributed by atoms with E-state index >= 15 is 0 Å². The second kappa shape index (κ2) is 7.44. The van der Waals surface area contributed by atoms with Crippen LogP contribution in [0, 0.1) is 5.82 Å². The average Bonchev–Trinajstić information content (AvgIpc) is 2.90. The Morgan fingerprint density at radius 3 is 2.34 bits per heavy atom. The summed E-state index contributed by atoms with van der Waals surface area (Å²) in [6.45, 7) is 4.34. The van der Waals surface area contributed by atoms with Gasteiger partial charge in [-0.15, -0.1) is 0 Å². The Bertz CT molecular complexity index is 1110. The van der Waals surface area contributed by atoms with E-state index < -0.39 is 33.2 Å². The second-order valence-electron chi connectivity index (χ2n) is 7.05. The fraction of sp³-hybridized carbons (Fsp3) is 0.238. The number of carbonyl (C=O) groups excluding carboxylic acids is 2. The van der Waals surface area contributed by atoms with Crippen LogP contribution in [-0.2, 0) is 28.9 Å². The zero-order valence-electron chi connectivity index (χ0n) is 16.1. The number of benzene rings is 2. The largest absolute Gasteiger partial charge is 0.478 e. The number of hydrogen-bond donors (Lipinski definition) is 0. The summed E-state index contributed by atoms with van der Waals surface area (Å²) >= 11 is 0. The molecule has 0 saturated carbocycles. The molecule has 8 heteroatoms. The van der Waals surface area contributed by atoms with E-state index in [4.69, 9.17) is 4.74 Å². The molecule has 0 aromatic heterocycles.